The molecule has 1 heterocycles. The Kier molecular flexibility index (Phi) is 3.57. The average molecular weight is 309 g/mol. The van der Waals surface area contributed by atoms with Crippen molar-refractivity contribution in [3.63, 3.8) is 0 Å². The lowest BCUT2D eigenvalue weighted by Crippen LogP contribution is -2.17. The molecule has 0 aliphatic heterocycles. The third-order valence-electron chi connectivity index (χ3n) is 2.31. The van der Waals surface area contributed by atoms with Gasteiger partial charge in [-0.15, -0.1) is 0 Å². The van der Waals surface area contributed by atoms with Crippen molar-refractivity contribution in [2.24, 2.45) is 0 Å². The molecule has 92 valence electrons. The van der Waals surface area contributed by atoms with Crippen molar-refractivity contribution in [1.82, 2.24) is 9.97 Å². The number of nitrogens with zero attached hydrogens (tertiary/aromatic N) is 1. The second-order valence-electron chi connectivity index (χ2n) is 3.67. The maximum Gasteiger partial charge on any atom is 0.308 e. The van der Waals surface area contributed by atoms with Gasteiger partial charge in [0.15, 0.2) is 0 Å². The van der Waals surface area contributed by atoms with E-state index >= 15 is 0 Å². The first-order valence-electron chi connectivity index (χ1n) is 5.12. The van der Waals surface area contributed by atoms with Gasteiger partial charge in [-0.3, -0.25) is 9.59 Å². The quantitative estimate of drug-likeness (QED) is 0.906. The van der Waals surface area contributed by atoms with Crippen molar-refractivity contribution in [2.45, 2.75) is 6.42 Å². The van der Waals surface area contributed by atoms with Gasteiger partial charge in [-0.2, -0.15) is 0 Å². The zero-order chi connectivity index (χ0) is 13.1. The van der Waals surface area contributed by atoms with Gasteiger partial charge in [-0.25, -0.2) is 4.98 Å². The molecule has 0 atom stereocenters. The largest absolute Gasteiger partial charge is 0.481 e. The molecule has 5 nitrogen and oxygen atoms in total. The summed E-state index contributed by atoms with van der Waals surface area (Å²) in [7, 11) is 0. The van der Waals surface area contributed by atoms with Crippen LogP contribution in [-0.2, 0) is 11.2 Å². The van der Waals surface area contributed by atoms with E-state index in [0.717, 1.165) is 10.0 Å². The van der Waals surface area contributed by atoms with Crippen LogP contribution in [0.4, 0.5) is 0 Å². The highest BCUT2D eigenvalue weighted by atomic mass is 79.9. The summed E-state index contributed by atoms with van der Waals surface area (Å²) in [6.07, 6.45) is 0.963. The Labute approximate surface area is 111 Å². The first-order valence-corrected chi connectivity index (χ1v) is 5.91. The van der Waals surface area contributed by atoms with E-state index < -0.39 is 11.5 Å². The molecular weight excluding hydrogens is 300 g/mol. The Morgan fingerprint density at radius 2 is 2.22 bits per heavy atom. The van der Waals surface area contributed by atoms with Gasteiger partial charge in [0, 0.05) is 21.8 Å². The fourth-order valence-corrected chi connectivity index (χ4v) is 1.89. The predicted molar refractivity (Wildman–Crippen MR) is 69.3 cm³/mol. The molecule has 2 aromatic rings. The van der Waals surface area contributed by atoms with Crippen molar-refractivity contribution in [1.29, 1.82) is 0 Å². The molecule has 1 aromatic heterocycles. The minimum absolute atomic E-state index is 0.140. The normalized spacial score (nSPS) is 10.3. The molecule has 0 saturated heterocycles. The molecule has 0 aliphatic rings. The summed E-state index contributed by atoms with van der Waals surface area (Å²) in [6.45, 7) is 0. The van der Waals surface area contributed by atoms with Crippen LogP contribution in [0, 0.1) is 0 Å². The van der Waals surface area contributed by atoms with Gasteiger partial charge in [0.1, 0.15) is 5.82 Å². The number of carbonyl (C=O) groups is 1. The molecule has 0 radical (unpaired) electrons. The smallest absolute Gasteiger partial charge is 0.308 e. The number of H-pyrrole nitrogens is 1. The Morgan fingerprint density at radius 1 is 1.44 bits per heavy atom. The second-order valence-corrected chi connectivity index (χ2v) is 4.58. The molecule has 0 amide bonds. The first kappa shape index (κ1) is 12.5. The summed E-state index contributed by atoms with van der Waals surface area (Å²) in [6, 6.07) is 7.31. The second kappa shape index (κ2) is 5.14. The maximum absolute atomic E-state index is 11.7. The molecule has 6 heteroatoms. The minimum atomic E-state index is -1.06. The molecule has 0 aliphatic carbocycles. The lowest BCUT2D eigenvalue weighted by Gasteiger charge is -2.02. The topological polar surface area (TPSA) is 83.0 Å². The molecule has 0 unspecified atom stereocenters. The van der Waals surface area contributed by atoms with Gasteiger partial charge in [0.2, 0.25) is 0 Å². The fraction of sp³-hybridized carbons (Fsp3) is 0.0833. The number of carboxylic acid groups (broad SMARTS) is 1. The molecule has 0 saturated carbocycles. The van der Waals surface area contributed by atoms with E-state index in [1.54, 1.807) is 6.07 Å². The van der Waals surface area contributed by atoms with Gasteiger partial charge in [-0.1, -0.05) is 28.1 Å². The third kappa shape index (κ3) is 2.84. The van der Waals surface area contributed by atoms with Crippen LogP contribution >= 0.6 is 15.9 Å². The Morgan fingerprint density at radius 3 is 2.83 bits per heavy atom. The van der Waals surface area contributed by atoms with Crippen molar-refractivity contribution < 1.29 is 9.90 Å². The van der Waals surface area contributed by atoms with Crippen molar-refractivity contribution >= 4 is 21.9 Å². The highest BCUT2D eigenvalue weighted by Gasteiger charge is 2.08. The molecule has 18 heavy (non-hydrogen) atoms. The highest BCUT2D eigenvalue weighted by molar-refractivity contribution is 9.10. The standard InChI is InChI=1S/C12H9BrN2O3/c13-9-3-1-2-7(4-9)11-14-6-8(5-10(16)17)12(18)15-11/h1-4,6H,5H2,(H,16,17)(H,14,15,18). The maximum atomic E-state index is 11.7. The molecular formula is C12H9BrN2O3. The Balaban J connectivity index is 2.40. The third-order valence-corrected chi connectivity index (χ3v) is 2.81. The molecule has 2 rings (SSSR count). The number of hydrogen-bond donors (Lipinski definition) is 2. The number of benzene rings is 1. The van der Waals surface area contributed by atoms with Crippen LogP contribution in [0.25, 0.3) is 11.4 Å². The van der Waals surface area contributed by atoms with Gasteiger partial charge < -0.3 is 10.1 Å². The van der Waals surface area contributed by atoms with Crippen LogP contribution in [0.15, 0.2) is 39.7 Å². The van der Waals surface area contributed by atoms with Crippen molar-refractivity contribution in [2.75, 3.05) is 0 Å². The van der Waals surface area contributed by atoms with E-state index in [4.69, 9.17) is 5.11 Å². The summed E-state index contributed by atoms with van der Waals surface area (Å²) < 4.78 is 0.872. The van der Waals surface area contributed by atoms with E-state index in [0.29, 0.717) is 5.82 Å². The number of rotatable bonds is 3. The average Bonchev–Trinajstić information content (AvgIpc) is 2.31. The molecule has 0 spiro atoms. The van der Waals surface area contributed by atoms with Gasteiger partial charge >= 0.3 is 5.97 Å². The van der Waals surface area contributed by atoms with E-state index in [9.17, 15) is 9.59 Å². The Hall–Kier alpha value is -1.95. The lowest BCUT2D eigenvalue weighted by molar-refractivity contribution is -0.136. The van der Waals surface area contributed by atoms with Crippen LogP contribution < -0.4 is 5.56 Å². The fourth-order valence-electron chi connectivity index (χ4n) is 1.49. The number of nitrogens with one attached hydrogen (secondary N) is 1. The molecule has 0 fully saturated rings. The van der Waals surface area contributed by atoms with Crippen LogP contribution in [0.5, 0.6) is 0 Å². The number of halogens is 1. The number of aromatic amines is 1. The number of aliphatic carboxylic acids is 1. The van der Waals surface area contributed by atoms with Crippen LogP contribution in [0.1, 0.15) is 5.56 Å². The zero-order valence-corrected chi connectivity index (χ0v) is 10.8. The Bertz CT molecular complexity index is 652. The lowest BCUT2D eigenvalue weighted by atomic mass is 10.2. The van der Waals surface area contributed by atoms with Crippen molar-refractivity contribution in [3.05, 3.63) is 50.9 Å². The van der Waals surface area contributed by atoms with Crippen LogP contribution in [0.3, 0.4) is 0 Å². The van der Waals surface area contributed by atoms with Gasteiger partial charge in [0.25, 0.3) is 5.56 Å². The summed E-state index contributed by atoms with van der Waals surface area (Å²) in [5.74, 6) is -0.645. The number of carboxylic acids is 1. The van der Waals surface area contributed by atoms with Crippen LogP contribution in [-0.4, -0.2) is 21.0 Å². The van der Waals surface area contributed by atoms with E-state index in [-0.39, 0.29) is 12.0 Å². The summed E-state index contributed by atoms with van der Waals surface area (Å²) in [5.41, 5.74) is 0.465. The summed E-state index contributed by atoms with van der Waals surface area (Å²) in [4.78, 5) is 28.8. The van der Waals surface area contributed by atoms with Gasteiger partial charge in [-0.05, 0) is 12.1 Å². The van der Waals surface area contributed by atoms with E-state index in [2.05, 4.69) is 25.9 Å². The SMILES string of the molecule is O=C(O)Cc1cnc(-c2cccc(Br)c2)[nH]c1=O. The van der Waals surface area contributed by atoms with Crippen LogP contribution in [0.2, 0.25) is 0 Å². The molecule has 1 aromatic carbocycles. The zero-order valence-electron chi connectivity index (χ0n) is 9.18. The summed E-state index contributed by atoms with van der Waals surface area (Å²) in [5, 5.41) is 8.63. The number of aromatic nitrogens is 2. The monoisotopic (exact) mass is 308 g/mol. The van der Waals surface area contributed by atoms with Gasteiger partial charge in [0.05, 0.1) is 6.42 Å². The summed E-state index contributed by atoms with van der Waals surface area (Å²) >= 11 is 3.33. The van der Waals surface area contributed by atoms with Crippen molar-refractivity contribution in [3.8, 4) is 11.4 Å². The molecule has 0 bridgehead atoms. The van der Waals surface area contributed by atoms with E-state index in [1.165, 1.54) is 6.20 Å². The minimum Gasteiger partial charge on any atom is -0.481 e. The highest BCUT2D eigenvalue weighted by Crippen LogP contribution is 2.18. The molecule has 2 N–H and O–H groups in total. The van der Waals surface area contributed by atoms with E-state index in [1.807, 2.05) is 18.2 Å². The first-order chi connectivity index (χ1) is 8.56. The predicted octanol–water partition coefficient (Wildman–Crippen LogP) is 1.83. The number of hydrogen-bond acceptors (Lipinski definition) is 3.